The zero-order valence-corrected chi connectivity index (χ0v) is 31.4. The third kappa shape index (κ3) is 9.92. The van der Waals surface area contributed by atoms with E-state index in [2.05, 4.69) is 25.1 Å². The maximum Gasteiger partial charge on any atom is 0.474 e. The number of phosphoric acid groups is 1. The van der Waals surface area contributed by atoms with Gasteiger partial charge in [-0.1, -0.05) is 83.3 Å². The molecule has 0 radical (unpaired) electrons. The van der Waals surface area contributed by atoms with E-state index in [0.29, 0.717) is 35.8 Å². The van der Waals surface area contributed by atoms with Crippen LogP contribution in [0, 0.1) is 23.2 Å². The normalized spacial score (nSPS) is 26.3. The summed E-state index contributed by atoms with van der Waals surface area (Å²) in [5.41, 5.74) is 12.1. The number of aryl methyl sites for hydroxylation is 2. The molecule has 0 bridgehead atoms. The summed E-state index contributed by atoms with van der Waals surface area (Å²) in [5.74, 6) is 2.79. The van der Waals surface area contributed by atoms with Gasteiger partial charge in [0, 0.05) is 19.9 Å². The van der Waals surface area contributed by atoms with E-state index in [1.807, 2.05) is 18.2 Å². The minimum absolute atomic E-state index is 0.0827. The second kappa shape index (κ2) is 18.0. The quantitative estimate of drug-likeness (QED) is 0.0717. The predicted octanol–water partition coefficient (Wildman–Crippen LogP) is 10.3. The lowest BCUT2D eigenvalue weighted by Gasteiger charge is -2.50. The van der Waals surface area contributed by atoms with Gasteiger partial charge in [0.1, 0.15) is 5.75 Å². The fourth-order valence-electron chi connectivity index (χ4n) is 9.86. The highest BCUT2D eigenvalue weighted by molar-refractivity contribution is 7.48. The van der Waals surface area contributed by atoms with E-state index < -0.39 is 7.82 Å². The minimum Gasteiger partial charge on any atom is -0.508 e. The summed E-state index contributed by atoms with van der Waals surface area (Å²) in [4.78, 5) is 0. The summed E-state index contributed by atoms with van der Waals surface area (Å²) < 4.78 is 27.0. The second-order valence-corrected chi connectivity index (χ2v) is 17.6. The molecular formula is C41H64NO6P. The molecule has 2 aromatic carbocycles. The second-order valence-electron chi connectivity index (χ2n) is 15.7. The van der Waals surface area contributed by atoms with Gasteiger partial charge in [0.25, 0.3) is 0 Å². The number of phenolic OH excluding ortho intramolecular Hbond substituents is 1. The van der Waals surface area contributed by atoms with E-state index in [-0.39, 0.29) is 18.1 Å². The Morgan fingerprint density at radius 3 is 2.16 bits per heavy atom. The lowest BCUT2D eigenvalue weighted by molar-refractivity contribution is -0.0335. The summed E-state index contributed by atoms with van der Waals surface area (Å²) in [7, 11) is -0.814. The van der Waals surface area contributed by atoms with Crippen molar-refractivity contribution in [2.24, 2.45) is 23.2 Å². The molecule has 3 aliphatic rings. The first-order valence-corrected chi connectivity index (χ1v) is 20.9. The van der Waals surface area contributed by atoms with Crippen molar-refractivity contribution < 1.29 is 28.3 Å². The van der Waals surface area contributed by atoms with Gasteiger partial charge in [-0.15, -0.1) is 0 Å². The van der Waals surface area contributed by atoms with Gasteiger partial charge in [0.05, 0.1) is 12.7 Å². The third-order valence-electron chi connectivity index (χ3n) is 12.5. The molecule has 0 heterocycles. The van der Waals surface area contributed by atoms with Crippen LogP contribution >= 0.6 is 7.82 Å². The first kappa shape index (κ1) is 38.3. The summed E-state index contributed by atoms with van der Waals surface area (Å²) in [6, 6.07) is 12.2. The number of unbranched alkanes of at least 4 members (excludes halogenated alkanes) is 10. The van der Waals surface area contributed by atoms with Gasteiger partial charge in [0.15, 0.2) is 0 Å². The van der Waals surface area contributed by atoms with Gasteiger partial charge < -0.3 is 15.9 Å². The fraction of sp³-hybridized carbons (Fsp3) is 0.707. The van der Waals surface area contributed by atoms with Crippen molar-refractivity contribution in [3.05, 3.63) is 58.7 Å². The van der Waals surface area contributed by atoms with Crippen LogP contribution in [0.2, 0.25) is 0 Å². The largest absolute Gasteiger partial charge is 0.508 e. The Balaban J connectivity index is 0.891. The molecular weight excluding hydrogens is 633 g/mol. The number of aliphatic hydroxyl groups excluding tert-OH is 1. The maximum absolute atomic E-state index is 12.1. The molecule has 2 aromatic rings. The van der Waals surface area contributed by atoms with Crippen LogP contribution in [-0.2, 0) is 37.4 Å². The van der Waals surface area contributed by atoms with Crippen LogP contribution < -0.4 is 5.73 Å². The smallest absolute Gasteiger partial charge is 0.474 e. The topological polar surface area (TPSA) is 111 Å². The van der Waals surface area contributed by atoms with Crippen LogP contribution in [-0.4, -0.2) is 37.1 Å². The van der Waals surface area contributed by atoms with Gasteiger partial charge in [-0.2, -0.15) is 0 Å². The molecule has 49 heavy (non-hydrogen) atoms. The Bertz CT molecular complexity index is 1380. The number of nitrogens with two attached hydrogens (primary N) is 1. The Kier molecular flexibility index (Phi) is 14.1. The first-order valence-electron chi connectivity index (χ1n) is 19.4. The molecule has 7 nitrogen and oxygen atoms in total. The lowest BCUT2D eigenvalue weighted by Crippen LogP contribution is -2.44. The number of phenols is 1. The molecule has 0 unspecified atom stereocenters. The summed E-state index contributed by atoms with van der Waals surface area (Å²) in [6.45, 7) is 2.64. The minimum atomic E-state index is -3.45. The van der Waals surface area contributed by atoms with Gasteiger partial charge in [0.2, 0.25) is 0 Å². The summed E-state index contributed by atoms with van der Waals surface area (Å²) >= 11 is 0. The number of aromatic hydroxyl groups is 1. The van der Waals surface area contributed by atoms with Crippen LogP contribution in [0.4, 0.5) is 5.69 Å². The average molecular weight is 698 g/mol. The molecule has 5 rings (SSSR count). The van der Waals surface area contributed by atoms with Crippen LogP contribution in [0.25, 0.3) is 0 Å². The highest BCUT2D eigenvalue weighted by Gasteiger charge is 2.57. The van der Waals surface area contributed by atoms with Crippen LogP contribution in [0.1, 0.15) is 138 Å². The number of phosphoric ester groups is 1. The maximum atomic E-state index is 12.1. The molecule has 3 aliphatic carbocycles. The van der Waals surface area contributed by atoms with Gasteiger partial charge >= 0.3 is 7.82 Å². The zero-order valence-electron chi connectivity index (χ0n) is 30.5. The third-order valence-corrected chi connectivity index (χ3v) is 13.9. The monoisotopic (exact) mass is 697 g/mol. The number of benzene rings is 2. The summed E-state index contributed by atoms with van der Waals surface area (Å²) in [6.07, 6.45) is 22.7. The molecule has 0 amide bonds. The Morgan fingerprint density at radius 2 is 1.49 bits per heavy atom. The number of nitrogen functional groups attached to an aromatic ring is 1. The Morgan fingerprint density at radius 1 is 0.857 bits per heavy atom. The average Bonchev–Trinajstić information content (AvgIpc) is 3.35. The van der Waals surface area contributed by atoms with E-state index in [1.165, 1.54) is 121 Å². The molecule has 0 aliphatic heterocycles. The zero-order chi connectivity index (χ0) is 34.9. The molecule has 4 N–H and O–H groups in total. The summed E-state index contributed by atoms with van der Waals surface area (Å²) in [5, 5.41) is 21.5. The molecule has 6 atom stereocenters. The molecule has 2 saturated carbocycles. The van der Waals surface area contributed by atoms with E-state index in [0.717, 1.165) is 36.9 Å². The van der Waals surface area contributed by atoms with E-state index in [1.54, 1.807) is 0 Å². The lowest BCUT2D eigenvalue weighted by atomic mass is 9.55. The van der Waals surface area contributed by atoms with Crippen molar-refractivity contribution in [3.8, 4) is 5.75 Å². The standard InChI is InChI=1S/C41H64NO6P/c1-41-23-21-37-36-20-18-35(43)28-32(36)17-19-38(37)39(41)29-33(40(41)44)16-14-12-10-8-6-4-5-7-9-11-13-15-30-25-31(27-34(42)26-30)22-24-48-49(45,46-2)47-3/h18,20,25-28,33,37-40,43-44H,4-17,19,21-24,29,42H2,1-3H3/t33-,37+,38+,39-,40-,41-/m0/s1. The van der Waals surface area contributed by atoms with Crippen LogP contribution in [0.3, 0.4) is 0 Å². The van der Waals surface area contributed by atoms with Crippen molar-refractivity contribution in [2.75, 3.05) is 26.6 Å². The molecule has 8 heteroatoms. The van der Waals surface area contributed by atoms with Crippen molar-refractivity contribution in [2.45, 2.75) is 141 Å². The molecule has 274 valence electrons. The van der Waals surface area contributed by atoms with Crippen molar-refractivity contribution >= 4 is 13.5 Å². The SMILES string of the molecule is COP(=O)(OC)OCCc1cc(N)cc(CCCCCCCCCCCCC[C@H]2C[C@H]3[C@@H]4CCc5cc(O)ccc5[C@H]4CC[C@]3(C)[C@H]2O)c1. The predicted molar refractivity (Wildman–Crippen MR) is 199 cm³/mol. The number of fused-ring (bicyclic) bond motifs is 5. The molecule has 2 fully saturated rings. The highest BCUT2D eigenvalue weighted by atomic mass is 31.2. The number of aliphatic hydroxyl groups is 1. The fourth-order valence-corrected chi connectivity index (χ4v) is 10.5. The molecule has 0 saturated heterocycles. The number of hydrogen-bond acceptors (Lipinski definition) is 7. The number of rotatable bonds is 20. The Labute approximate surface area is 296 Å². The molecule has 0 spiro atoms. The highest BCUT2D eigenvalue weighted by Crippen LogP contribution is 2.63. The van der Waals surface area contributed by atoms with E-state index >= 15 is 0 Å². The first-order chi connectivity index (χ1) is 23.7. The van der Waals surface area contributed by atoms with E-state index in [9.17, 15) is 14.8 Å². The van der Waals surface area contributed by atoms with Gasteiger partial charge in [-0.3, -0.25) is 13.6 Å². The van der Waals surface area contributed by atoms with Gasteiger partial charge in [-0.25, -0.2) is 4.57 Å². The van der Waals surface area contributed by atoms with Crippen LogP contribution in [0.5, 0.6) is 5.75 Å². The Hall–Kier alpha value is -1.89. The molecule has 0 aromatic heterocycles. The number of anilines is 1. The van der Waals surface area contributed by atoms with Crippen LogP contribution in [0.15, 0.2) is 36.4 Å². The van der Waals surface area contributed by atoms with Crippen molar-refractivity contribution in [1.82, 2.24) is 0 Å². The van der Waals surface area contributed by atoms with Gasteiger partial charge in [-0.05, 0) is 133 Å². The van der Waals surface area contributed by atoms with E-state index in [4.69, 9.17) is 19.3 Å². The number of hydrogen-bond donors (Lipinski definition) is 3. The van der Waals surface area contributed by atoms with Crippen molar-refractivity contribution in [3.63, 3.8) is 0 Å². The van der Waals surface area contributed by atoms with Crippen molar-refractivity contribution in [1.29, 1.82) is 0 Å².